The Kier molecular flexibility index (Phi) is 8.04. The van der Waals surface area contributed by atoms with Crippen molar-refractivity contribution in [3.8, 4) is 5.75 Å². The van der Waals surface area contributed by atoms with Crippen LogP contribution in [0.25, 0.3) is 0 Å². The lowest BCUT2D eigenvalue weighted by Crippen LogP contribution is -2.30. The normalized spacial score (nSPS) is 14.1. The van der Waals surface area contributed by atoms with Gasteiger partial charge in [-0.3, -0.25) is 4.79 Å². The fraction of sp³-hybridized carbons (Fsp3) is 0.348. The van der Waals surface area contributed by atoms with E-state index >= 15 is 0 Å². The van der Waals surface area contributed by atoms with E-state index in [0.717, 1.165) is 24.8 Å². The number of amides is 1. The molecule has 7 heteroatoms. The van der Waals surface area contributed by atoms with Gasteiger partial charge in [-0.2, -0.15) is 0 Å². The Bertz CT molecular complexity index is 954. The molecule has 0 fully saturated rings. The SMILES string of the molecule is O=C(COc1ccc(S(=O)(=O)NCc2ccccc2)cc1)NCCC1=CCCCC1. The Labute approximate surface area is 178 Å². The molecular formula is C23H28N2O4S. The first-order valence-corrected chi connectivity index (χ1v) is 11.7. The molecule has 0 aromatic heterocycles. The number of ether oxygens (including phenoxy) is 1. The van der Waals surface area contributed by atoms with Gasteiger partial charge in [0.2, 0.25) is 10.0 Å². The maximum absolute atomic E-state index is 12.4. The van der Waals surface area contributed by atoms with E-state index in [9.17, 15) is 13.2 Å². The van der Waals surface area contributed by atoms with Crippen LogP contribution in [-0.4, -0.2) is 27.5 Å². The van der Waals surface area contributed by atoms with Gasteiger partial charge in [-0.1, -0.05) is 42.0 Å². The molecule has 160 valence electrons. The molecule has 3 rings (SSSR count). The second kappa shape index (κ2) is 10.9. The van der Waals surface area contributed by atoms with E-state index in [1.54, 1.807) is 12.1 Å². The van der Waals surface area contributed by atoms with Crippen LogP contribution in [0, 0.1) is 0 Å². The van der Waals surface area contributed by atoms with Crippen LogP contribution < -0.4 is 14.8 Å². The zero-order chi connectivity index (χ0) is 21.2. The minimum Gasteiger partial charge on any atom is -0.484 e. The maximum Gasteiger partial charge on any atom is 0.257 e. The van der Waals surface area contributed by atoms with Crippen LogP contribution in [-0.2, 0) is 21.4 Å². The molecule has 0 unspecified atom stereocenters. The van der Waals surface area contributed by atoms with Gasteiger partial charge in [-0.25, -0.2) is 13.1 Å². The number of benzene rings is 2. The molecular weight excluding hydrogens is 400 g/mol. The van der Waals surface area contributed by atoms with Gasteiger partial charge in [0.25, 0.3) is 5.91 Å². The number of hydrogen-bond donors (Lipinski definition) is 2. The van der Waals surface area contributed by atoms with Gasteiger partial charge in [0.05, 0.1) is 4.90 Å². The molecule has 2 aromatic carbocycles. The lowest BCUT2D eigenvalue weighted by molar-refractivity contribution is -0.123. The van der Waals surface area contributed by atoms with Gasteiger partial charge in [0.1, 0.15) is 5.75 Å². The zero-order valence-electron chi connectivity index (χ0n) is 17.0. The van der Waals surface area contributed by atoms with E-state index in [0.29, 0.717) is 12.3 Å². The van der Waals surface area contributed by atoms with Crippen LogP contribution >= 0.6 is 0 Å². The predicted octanol–water partition coefficient (Wildman–Crippen LogP) is 3.55. The van der Waals surface area contributed by atoms with Gasteiger partial charge in [-0.15, -0.1) is 0 Å². The van der Waals surface area contributed by atoms with Crippen molar-refractivity contribution in [1.82, 2.24) is 10.0 Å². The van der Waals surface area contributed by atoms with E-state index in [2.05, 4.69) is 16.1 Å². The summed E-state index contributed by atoms with van der Waals surface area (Å²) >= 11 is 0. The highest BCUT2D eigenvalue weighted by Crippen LogP contribution is 2.19. The first-order chi connectivity index (χ1) is 14.5. The van der Waals surface area contributed by atoms with Crippen molar-refractivity contribution in [3.05, 3.63) is 71.8 Å². The highest BCUT2D eigenvalue weighted by atomic mass is 32.2. The minimum atomic E-state index is -3.62. The number of nitrogens with one attached hydrogen (secondary N) is 2. The fourth-order valence-corrected chi connectivity index (χ4v) is 4.28. The number of carbonyl (C=O) groups excluding carboxylic acids is 1. The van der Waals surface area contributed by atoms with Gasteiger partial charge < -0.3 is 10.1 Å². The summed E-state index contributed by atoms with van der Waals surface area (Å²) < 4.78 is 32.9. The van der Waals surface area contributed by atoms with Gasteiger partial charge >= 0.3 is 0 Å². The molecule has 30 heavy (non-hydrogen) atoms. The summed E-state index contributed by atoms with van der Waals surface area (Å²) in [7, 11) is -3.62. The first kappa shape index (κ1) is 22.1. The van der Waals surface area contributed by atoms with Crippen LogP contribution in [0.3, 0.4) is 0 Å². The molecule has 0 saturated carbocycles. The number of rotatable bonds is 10. The number of carbonyl (C=O) groups is 1. The van der Waals surface area contributed by atoms with Gasteiger partial charge in [0.15, 0.2) is 6.61 Å². The molecule has 1 aliphatic rings. The van der Waals surface area contributed by atoms with E-state index in [4.69, 9.17) is 4.74 Å². The number of hydrogen-bond acceptors (Lipinski definition) is 4. The summed E-state index contributed by atoms with van der Waals surface area (Å²) in [6.45, 7) is 0.730. The predicted molar refractivity (Wildman–Crippen MR) is 117 cm³/mol. The zero-order valence-corrected chi connectivity index (χ0v) is 17.8. The van der Waals surface area contributed by atoms with Crippen molar-refractivity contribution in [2.45, 2.75) is 43.5 Å². The molecule has 0 radical (unpaired) electrons. The standard InChI is InChI=1S/C23H28N2O4S/c26-23(24-16-15-19-7-3-1-4-8-19)18-29-21-11-13-22(14-12-21)30(27,28)25-17-20-9-5-2-6-10-20/h2,5-7,9-14,25H,1,3-4,8,15-18H2,(H,24,26). The molecule has 0 aliphatic heterocycles. The van der Waals surface area contributed by atoms with Crippen LogP contribution in [0.4, 0.5) is 0 Å². The van der Waals surface area contributed by atoms with Gasteiger partial charge in [-0.05, 0) is 61.9 Å². The molecule has 2 N–H and O–H groups in total. The third-order valence-electron chi connectivity index (χ3n) is 4.97. The molecule has 0 spiro atoms. The van der Waals surface area contributed by atoms with E-state index in [-0.39, 0.29) is 24.0 Å². The molecule has 1 amide bonds. The van der Waals surface area contributed by atoms with Crippen molar-refractivity contribution in [1.29, 1.82) is 0 Å². The van der Waals surface area contributed by atoms with Crippen molar-refractivity contribution in [2.24, 2.45) is 0 Å². The van der Waals surface area contributed by atoms with E-state index in [1.165, 1.54) is 30.5 Å². The van der Waals surface area contributed by atoms with Crippen LogP contribution in [0.15, 0.2) is 71.1 Å². The van der Waals surface area contributed by atoms with Crippen molar-refractivity contribution in [3.63, 3.8) is 0 Å². The molecule has 0 bridgehead atoms. The van der Waals surface area contributed by atoms with E-state index < -0.39 is 10.0 Å². The summed E-state index contributed by atoms with van der Waals surface area (Å²) in [6.07, 6.45) is 7.91. The number of allylic oxidation sites excluding steroid dienone is 1. The summed E-state index contributed by atoms with van der Waals surface area (Å²) in [4.78, 5) is 12.1. The molecule has 6 nitrogen and oxygen atoms in total. The molecule has 0 atom stereocenters. The minimum absolute atomic E-state index is 0.0998. The maximum atomic E-state index is 12.4. The Hall–Kier alpha value is -2.64. The summed E-state index contributed by atoms with van der Waals surface area (Å²) in [5, 5.41) is 2.86. The molecule has 0 heterocycles. The van der Waals surface area contributed by atoms with Crippen LogP contribution in [0.1, 0.15) is 37.7 Å². The first-order valence-electron chi connectivity index (χ1n) is 10.2. The third-order valence-corrected chi connectivity index (χ3v) is 6.38. The third kappa shape index (κ3) is 7.00. The summed E-state index contributed by atoms with van der Waals surface area (Å²) in [5.74, 6) is 0.259. The molecule has 1 aliphatic carbocycles. The Morgan fingerprint density at radius 3 is 2.47 bits per heavy atom. The summed E-state index contributed by atoms with van der Waals surface area (Å²) in [5.41, 5.74) is 2.30. The smallest absolute Gasteiger partial charge is 0.257 e. The average Bonchev–Trinajstić information content (AvgIpc) is 2.78. The molecule has 2 aromatic rings. The highest BCUT2D eigenvalue weighted by molar-refractivity contribution is 7.89. The largest absolute Gasteiger partial charge is 0.484 e. The van der Waals surface area contributed by atoms with Crippen molar-refractivity contribution in [2.75, 3.05) is 13.2 Å². The van der Waals surface area contributed by atoms with E-state index in [1.807, 2.05) is 30.3 Å². The second-order valence-corrected chi connectivity index (χ2v) is 9.05. The monoisotopic (exact) mass is 428 g/mol. The van der Waals surface area contributed by atoms with Gasteiger partial charge in [0, 0.05) is 13.1 Å². The highest BCUT2D eigenvalue weighted by Gasteiger charge is 2.14. The van der Waals surface area contributed by atoms with Crippen molar-refractivity contribution >= 4 is 15.9 Å². The number of sulfonamides is 1. The summed E-state index contributed by atoms with van der Waals surface area (Å²) in [6, 6.07) is 15.4. The van der Waals surface area contributed by atoms with Crippen LogP contribution in [0.2, 0.25) is 0 Å². The Morgan fingerprint density at radius 1 is 1.00 bits per heavy atom. The quantitative estimate of drug-likeness (QED) is 0.567. The average molecular weight is 429 g/mol. The molecule has 0 saturated heterocycles. The Morgan fingerprint density at radius 2 is 1.77 bits per heavy atom. The van der Waals surface area contributed by atoms with Crippen LogP contribution in [0.5, 0.6) is 5.75 Å². The Balaban J connectivity index is 1.42. The fourth-order valence-electron chi connectivity index (χ4n) is 3.27. The van der Waals surface area contributed by atoms with Crippen molar-refractivity contribution < 1.29 is 17.9 Å². The topological polar surface area (TPSA) is 84.5 Å². The lowest BCUT2D eigenvalue weighted by atomic mass is 9.97. The second-order valence-electron chi connectivity index (χ2n) is 7.28. The lowest BCUT2D eigenvalue weighted by Gasteiger charge is -2.13.